The van der Waals surface area contributed by atoms with Crippen LogP contribution in [0, 0.1) is 6.92 Å². The number of hydrogen-bond acceptors (Lipinski definition) is 6. The second-order valence-corrected chi connectivity index (χ2v) is 8.95. The van der Waals surface area contributed by atoms with Crippen LogP contribution in [-0.2, 0) is 12.8 Å². The summed E-state index contributed by atoms with van der Waals surface area (Å²) in [5, 5.41) is 7.07. The molecule has 1 aliphatic carbocycles. The summed E-state index contributed by atoms with van der Waals surface area (Å²) in [5.74, 6) is 1.87. The first-order valence-corrected chi connectivity index (χ1v) is 10.6. The number of thiophene rings is 2. The highest BCUT2D eigenvalue weighted by atomic mass is 32.1. The highest BCUT2D eigenvalue weighted by Gasteiger charge is 2.22. The van der Waals surface area contributed by atoms with Gasteiger partial charge in [0.25, 0.3) is 0 Å². The van der Waals surface area contributed by atoms with E-state index in [0.29, 0.717) is 6.04 Å². The summed E-state index contributed by atoms with van der Waals surface area (Å²) in [4.78, 5) is 15.8. The van der Waals surface area contributed by atoms with Crippen LogP contribution in [0.1, 0.15) is 40.0 Å². The van der Waals surface area contributed by atoms with Gasteiger partial charge < -0.3 is 10.2 Å². The van der Waals surface area contributed by atoms with Gasteiger partial charge in [-0.2, -0.15) is 0 Å². The van der Waals surface area contributed by atoms with Crippen LogP contribution in [-0.4, -0.2) is 35.5 Å². The maximum Gasteiger partial charge on any atom is 0.138 e. The Morgan fingerprint density at radius 3 is 2.84 bits per heavy atom. The van der Waals surface area contributed by atoms with Crippen molar-refractivity contribution in [3.63, 3.8) is 0 Å². The fraction of sp³-hybridized carbons (Fsp3) is 0.474. The van der Waals surface area contributed by atoms with Gasteiger partial charge in [0.15, 0.2) is 0 Å². The lowest BCUT2D eigenvalue weighted by Gasteiger charge is -2.24. The first-order chi connectivity index (χ1) is 12.1. The Labute approximate surface area is 156 Å². The maximum atomic E-state index is 4.76. The van der Waals surface area contributed by atoms with Crippen molar-refractivity contribution in [2.75, 3.05) is 26.0 Å². The topological polar surface area (TPSA) is 41.1 Å². The molecule has 0 fully saturated rings. The average molecular weight is 373 g/mol. The average Bonchev–Trinajstić information content (AvgIpc) is 3.21. The minimum Gasteiger partial charge on any atom is -0.367 e. The summed E-state index contributed by atoms with van der Waals surface area (Å²) in [5.41, 5.74) is 1.49. The number of likely N-dealkylation sites (N-methyl/N-ethyl adjacent to an activating group) is 1. The standard InChI is InChI=1S/C19H24N4S2/c1-12-21-18(20-11-14(23(2)3)16-9-6-10-24-16)17-13-7-4-5-8-15(13)25-19(17)22-12/h6,9-10,14H,4-5,7-8,11H2,1-3H3,(H,20,21,22)/t14-/m1/s1. The number of hydrogen-bond donors (Lipinski definition) is 1. The molecule has 0 aliphatic heterocycles. The van der Waals surface area contributed by atoms with E-state index in [2.05, 4.69) is 41.8 Å². The van der Waals surface area contributed by atoms with Crippen molar-refractivity contribution >= 4 is 38.7 Å². The van der Waals surface area contributed by atoms with Gasteiger partial charge in [-0.25, -0.2) is 9.97 Å². The normalized spacial score (nSPS) is 15.5. The molecular weight excluding hydrogens is 348 g/mol. The van der Waals surface area contributed by atoms with E-state index in [1.54, 1.807) is 0 Å². The van der Waals surface area contributed by atoms with Crippen LogP contribution in [0.25, 0.3) is 10.2 Å². The first-order valence-electron chi connectivity index (χ1n) is 8.86. The number of aryl methyl sites for hydroxylation is 3. The Bertz CT molecular complexity index is 867. The molecule has 0 saturated heterocycles. The number of rotatable bonds is 5. The molecule has 132 valence electrons. The lowest BCUT2D eigenvalue weighted by atomic mass is 9.97. The monoisotopic (exact) mass is 372 g/mol. The second kappa shape index (κ2) is 7.02. The summed E-state index contributed by atoms with van der Waals surface area (Å²) in [6.07, 6.45) is 4.95. The molecule has 4 rings (SSSR count). The highest BCUT2D eigenvalue weighted by Crippen LogP contribution is 2.38. The largest absolute Gasteiger partial charge is 0.367 e. The third kappa shape index (κ3) is 3.30. The molecule has 0 aromatic carbocycles. The van der Waals surface area contributed by atoms with E-state index in [1.807, 2.05) is 29.6 Å². The highest BCUT2D eigenvalue weighted by molar-refractivity contribution is 7.19. The Hall–Kier alpha value is -1.50. The smallest absolute Gasteiger partial charge is 0.138 e. The van der Waals surface area contributed by atoms with Crippen molar-refractivity contribution in [3.8, 4) is 0 Å². The molecule has 0 unspecified atom stereocenters. The van der Waals surface area contributed by atoms with Crippen LogP contribution < -0.4 is 5.32 Å². The zero-order valence-electron chi connectivity index (χ0n) is 15.0. The molecule has 1 aliphatic rings. The summed E-state index contributed by atoms with van der Waals surface area (Å²) < 4.78 is 0. The predicted octanol–water partition coefficient (Wildman–Crippen LogP) is 4.65. The van der Waals surface area contributed by atoms with Gasteiger partial charge in [-0.3, -0.25) is 0 Å². The van der Waals surface area contributed by atoms with Gasteiger partial charge in [0, 0.05) is 16.3 Å². The molecule has 3 aromatic heterocycles. The maximum absolute atomic E-state index is 4.76. The summed E-state index contributed by atoms with van der Waals surface area (Å²) in [7, 11) is 4.28. The van der Waals surface area contributed by atoms with Crippen LogP contribution in [0.15, 0.2) is 17.5 Å². The fourth-order valence-electron chi connectivity index (χ4n) is 3.60. The van der Waals surface area contributed by atoms with Crippen molar-refractivity contribution in [1.29, 1.82) is 0 Å². The van der Waals surface area contributed by atoms with Crippen molar-refractivity contribution in [2.45, 2.75) is 38.6 Å². The van der Waals surface area contributed by atoms with Crippen LogP contribution in [0.2, 0.25) is 0 Å². The molecule has 1 N–H and O–H groups in total. The number of nitrogens with one attached hydrogen (secondary N) is 1. The molecule has 0 bridgehead atoms. The molecule has 0 saturated carbocycles. The Kier molecular flexibility index (Phi) is 4.75. The van der Waals surface area contributed by atoms with E-state index in [4.69, 9.17) is 9.97 Å². The molecule has 4 nitrogen and oxygen atoms in total. The lowest BCUT2D eigenvalue weighted by molar-refractivity contribution is 0.316. The number of nitrogens with zero attached hydrogens (tertiary/aromatic N) is 3. The van der Waals surface area contributed by atoms with Gasteiger partial charge >= 0.3 is 0 Å². The van der Waals surface area contributed by atoms with E-state index in [9.17, 15) is 0 Å². The summed E-state index contributed by atoms with van der Waals surface area (Å²) in [6, 6.07) is 4.68. The quantitative estimate of drug-likeness (QED) is 0.707. The van der Waals surface area contributed by atoms with E-state index in [1.165, 1.54) is 46.4 Å². The molecule has 0 radical (unpaired) electrons. The molecular formula is C19H24N4S2. The van der Waals surface area contributed by atoms with E-state index in [0.717, 1.165) is 23.0 Å². The Balaban J connectivity index is 1.68. The van der Waals surface area contributed by atoms with Crippen LogP contribution in [0.5, 0.6) is 0 Å². The van der Waals surface area contributed by atoms with Gasteiger partial charge in [0.1, 0.15) is 16.5 Å². The summed E-state index contributed by atoms with van der Waals surface area (Å²) >= 11 is 3.68. The van der Waals surface area contributed by atoms with Gasteiger partial charge in [0.05, 0.1) is 11.4 Å². The molecule has 0 amide bonds. The minimum absolute atomic E-state index is 0.347. The zero-order valence-corrected chi connectivity index (χ0v) is 16.6. The van der Waals surface area contributed by atoms with Crippen molar-refractivity contribution in [1.82, 2.24) is 14.9 Å². The fourth-order valence-corrected chi connectivity index (χ4v) is 5.83. The third-order valence-electron chi connectivity index (χ3n) is 4.88. The van der Waals surface area contributed by atoms with Crippen LogP contribution in [0.3, 0.4) is 0 Å². The molecule has 3 aromatic rings. The Morgan fingerprint density at radius 2 is 2.08 bits per heavy atom. The van der Waals surface area contributed by atoms with Crippen LogP contribution in [0.4, 0.5) is 5.82 Å². The van der Waals surface area contributed by atoms with Crippen LogP contribution >= 0.6 is 22.7 Å². The molecule has 25 heavy (non-hydrogen) atoms. The van der Waals surface area contributed by atoms with E-state index < -0.39 is 0 Å². The van der Waals surface area contributed by atoms with Crippen molar-refractivity contribution in [2.24, 2.45) is 0 Å². The SMILES string of the molecule is Cc1nc(NC[C@H](c2cccs2)N(C)C)c2c3c(sc2n1)CCCC3. The number of aromatic nitrogens is 2. The number of fused-ring (bicyclic) bond motifs is 3. The summed E-state index contributed by atoms with van der Waals surface area (Å²) in [6.45, 7) is 2.84. The zero-order chi connectivity index (χ0) is 17.4. The van der Waals surface area contributed by atoms with E-state index in [-0.39, 0.29) is 0 Å². The van der Waals surface area contributed by atoms with E-state index >= 15 is 0 Å². The lowest BCUT2D eigenvalue weighted by Crippen LogP contribution is -2.26. The molecule has 0 spiro atoms. The van der Waals surface area contributed by atoms with Gasteiger partial charge in [-0.1, -0.05) is 6.07 Å². The molecule has 1 atom stereocenters. The predicted molar refractivity (Wildman–Crippen MR) is 108 cm³/mol. The third-order valence-corrected chi connectivity index (χ3v) is 7.04. The van der Waals surface area contributed by atoms with Gasteiger partial charge in [0.2, 0.25) is 0 Å². The Morgan fingerprint density at radius 1 is 1.24 bits per heavy atom. The van der Waals surface area contributed by atoms with Gasteiger partial charge in [-0.15, -0.1) is 22.7 Å². The number of anilines is 1. The minimum atomic E-state index is 0.347. The second-order valence-electron chi connectivity index (χ2n) is 6.89. The first kappa shape index (κ1) is 16.9. The molecule has 6 heteroatoms. The van der Waals surface area contributed by atoms with Gasteiger partial charge in [-0.05, 0) is 63.7 Å². The molecule has 3 heterocycles. The van der Waals surface area contributed by atoms with Crippen molar-refractivity contribution < 1.29 is 0 Å². The van der Waals surface area contributed by atoms with Crippen molar-refractivity contribution in [3.05, 3.63) is 38.7 Å².